The molecule has 27 heavy (non-hydrogen) atoms. The quantitative estimate of drug-likeness (QED) is 0.759. The van der Waals surface area contributed by atoms with Crippen molar-refractivity contribution in [1.29, 1.82) is 0 Å². The summed E-state index contributed by atoms with van der Waals surface area (Å²) < 4.78 is 2.72. The number of carbonyl (C=O) groups excluding carboxylic acids is 1. The zero-order chi connectivity index (χ0) is 20.2. The molecule has 1 aromatic heterocycles. The normalized spacial score (nSPS) is 11.7. The molecule has 1 N–H and O–H groups in total. The average molecular weight is 373 g/mol. The SMILES string of the molecule is CCCCCCn1c(=O)n(CC(=O)NC(C)(C)C)c(=O)c2cccc(C)c21. The van der Waals surface area contributed by atoms with Gasteiger partial charge in [0, 0.05) is 12.1 Å². The van der Waals surface area contributed by atoms with E-state index in [1.165, 1.54) is 0 Å². The Morgan fingerprint density at radius 2 is 1.78 bits per heavy atom. The minimum atomic E-state index is -0.423. The van der Waals surface area contributed by atoms with Gasteiger partial charge in [-0.15, -0.1) is 0 Å². The number of benzene rings is 1. The van der Waals surface area contributed by atoms with Gasteiger partial charge in [0.05, 0.1) is 10.9 Å². The van der Waals surface area contributed by atoms with Crippen molar-refractivity contribution in [2.75, 3.05) is 0 Å². The summed E-state index contributed by atoms with van der Waals surface area (Å²) in [6, 6.07) is 5.44. The van der Waals surface area contributed by atoms with Crippen LogP contribution in [-0.4, -0.2) is 20.6 Å². The fraction of sp³-hybridized carbons (Fsp3) is 0.571. The van der Waals surface area contributed by atoms with Gasteiger partial charge in [0.15, 0.2) is 0 Å². The highest BCUT2D eigenvalue weighted by Crippen LogP contribution is 2.14. The maximum atomic E-state index is 13.1. The standard InChI is InChI=1S/C21H31N3O3/c1-6-7-8-9-13-23-18-15(2)11-10-12-16(18)19(26)24(20(23)27)14-17(25)22-21(3,4)5/h10-12H,6-9,13-14H2,1-5H3,(H,22,25). The number of amides is 1. The number of carbonyl (C=O) groups is 1. The smallest absolute Gasteiger partial charge is 0.331 e. The van der Waals surface area contributed by atoms with Gasteiger partial charge in [0.25, 0.3) is 5.56 Å². The van der Waals surface area contributed by atoms with E-state index in [2.05, 4.69) is 12.2 Å². The highest BCUT2D eigenvalue weighted by atomic mass is 16.2. The van der Waals surface area contributed by atoms with Gasteiger partial charge in [-0.25, -0.2) is 4.79 Å². The van der Waals surface area contributed by atoms with E-state index in [0.717, 1.165) is 35.8 Å². The van der Waals surface area contributed by atoms with Crippen molar-refractivity contribution in [3.05, 3.63) is 44.6 Å². The van der Waals surface area contributed by atoms with E-state index in [1.54, 1.807) is 10.6 Å². The van der Waals surface area contributed by atoms with E-state index in [9.17, 15) is 14.4 Å². The lowest BCUT2D eigenvalue weighted by Crippen LogP contribution is -2.47. The van der Waals surface area contributed by atoms with E-state index in [4.69, 9.17) is 0 Å². The molecule has 1 amide bonds. The molecule has 0 bridgehead atoms. The zero-order valence-electron chi connectivity index (χ0n) is 17.1. The van der Waals surface area contributed by atoms with Crippen molar-refractivity contribution >= 4 is 16.8 Å². The zero-order valence-corrected chi connectivity index (χ0v) is 17.1. The average Bonchev–Trinajstić information content (AvgIpc) is 2.57. The van der Waals surface area contributed by atoms with Gasteiger partial charge in [-0.1, -0.05) is 38.3 Å². The fourth-order valence-electron chi connectivity index (χ4n) is 3.31. The summed E-state index contributed by atoms with van der Waals surface area (Å²) in [4.78, 5) is 38.3. The second-order valence-corrected chi connectivity index (χ2v) is 8.16. The molecule has 0 fully saturated rings. The first-order valence-corrected chi connectivity index (χ1v) is 9.69. The molecule has 0 unspecified atom stereocenters. The molecular formula is C21H31N3O3. The molecule has 0 aliphatic heterocycles. The van der Waals surface area contributed by atoms with Crippen LogP contribution in [0.3, 0.4) is 0 Å². The van der Waals surface area contributed by atoms with E-state index in [0.29, 0.717) is 17.4 Å². The molecule has 6 nitrogen and oxygen atoms in total. The van der Waals surface area contributed by atoms with Crippen LogP contribution < -0.4 is 16.6 Å². The number of hydrogen-bond acceptors (Lipinski definition) is 3. The number of aryl methyl sites for hydroxylation is 2. The molecule has 0 saturated carbocycles. The van der Waals surface area contributed by atoms with Gasteiger partial charge >= 0.3 is 5.69 Å². The van der Waals surface area contributed by atoms with Crippen LogP contribution in [0.5, 0.6) is 0 Å². The van der Waals surface area contributed by atoms with Gasteiger partial charge in [-0.3, -0.25) is 18.7 Å². The first-order chi connectivity index (χ1) is 12.7. The summed E-state index contributed by atoms with van der Waals surface area (Å²) in [5.41, 5.74) is 0.322. The minimum absolute atomic E-state index is 0.270. The summed E-state index contributed by atoms with van der Waals surface area (Å²) in [5.74, 6) is -0.341. The molecule has 2 aromatic rings. The lowest BCUT2D eigenvalue weighted by Gasteiger charge is -2.21. The molecule has 0 saturated heterocycles. The maximum Gasteiger partial charge on any atom is 0.331 e. The second kappa shape index (κ2) is 8.55. The second-order valence-electron chi connectivity index (χ2n) is 8.16. The highest BCUT2D eigenvalue weighted by Gasteiger charge is 2.19. The first-order valence-electron chi connectivity index (χ1n) is 9.69. The minimum Gasteiger partial charge on any atom is -0.350 e. The van der Waals surface area contributed by atoms with Crippen LogP contribution in [0.25, 0.3) is 10.9 Å². The number of hydrogen-bond donors (Lipinski definition) is 1. The highest BCUT2D eigenvalue weighted by molar-refractivity contribution is 5.82. The number of unbranched alkanes of at least 4 members (excludes halogenated alkanes) is 3. The molecule has 0 aliphatic carbocycles. The fourth-order valence-corrected chi connectivity index (χ4v) is 3.31. The van der Waals surface area contributed by atoms with Gasteiger partial charge in [-0.2, -0.15) is 0 Å². The van der Waals surface area contributed by atoms with Crippen LogP contribution in [0.1, 0.15) is 58.9 Å². The topological polar surface area (TPSA) is 73.1 Å². The Morgan fingerprint density at radius 3 is 2.41 bits per heavy atom. The van der Waals surface area contributed by atoms with Gasteiger partial charge in [0.1, 0.15) is 6.54 Å². The summed E-state index contributed by atoms with van der Waals surface area (Å²) >= 11 is 0. The lowest BCUT2D eigenvalue weighted by atomic mass is 10.1. The monoisotopic (exact) mass is 373 g/mol. The van der Waals surface area contributed by atoms with Gasteiger partial charge < -0.3 is 5.32 Å². The molecular weight excluding hydrogens is 342 g/mol. The molecule has 1 aromatic carbocycles. The molecule has 0 aliphatic rings. The molecule has 0 spiro atoms. The molecule has 1 heterocycles. The van der Waals surface area contributed by atoms with Gasteiger partial charge in [0.2, 0.25) is 5.91 Å². The number of para-hydroxylation sites is 1. The summed E-state index contributed by atoms with van der Waals surface area (Å²) in [6.45, 7) is 9.91. The van der Waals surface area contributed by atoms with E-state index < -0.39 is 16.8 Å². The Bertz CT molecular complexity index is 933. The molecule has 0 atom stereocenters. The molecule has 0 radical (unpaired) electrons. The number of fused-ring (bicyclic) bond motifs is 1. The predicted octanol–water partition coefficient (Wildman–Crippen LogP) is 2.97. The first kappa shape index (κ1) is 20.9. The van der Waals surface area contributed by atoms with Crippen LogP contribution in [0.4, 0.5) is 0 Å². The third kappa shape index (κ3) is 5.08. The van der Waals surface area contributed by atoms with E-state index in [1.807, 2.05) is 39.8 Å². The Hall–Kier alpha value is -2.37. The van der Waals surface area contributed by atoms with E-state index >= 15 is 0 Å². The van der Waals surface area contributed by atoms with Crippen molar-refractivity contribution in [2.45, 2.75) is 78.9 Å². The molecule has 148 valence electrons. The molecule has 2 rings (SSSR count). The number of nitrogens with one attached hydrogen (secondary N) is 1. The summed E-state index contributed by atoms with van der Waals surface area (Å²) in [6.07, 6.45) is 4.12. The van der Waals surface area contributed by atoms with Crippen LogP contribution in [0.2, 0.25) is 0 Å². The van der Waals surface area contributed by atoms with Gasteiger partial charge in [-0.05, 0) is 45.7 Å². The Balaban J connectivity index is 2.53. The van der Waals surface area contributed by atoms with Crippen LogP contribution >= 0.6 is 0 Å². The van der Waals surface area contributed by atoms with E-state index in [-0.39, 0.29) is 12.5 Å². The predicted molar refractivity (Wildman–Crippen MR) is 109 cm³/mol. The summed E-state index contributed by atoms with van der Waals surface area (Å²) in [5, 5.41) is 3.29. The maximum absolute atomic E-state index is 13.1. The number of rotatable bonds is 7. The summed E-state index contributed by atoms with van der Waals surface area (Å²) in [7, 11) is 0. The lowest BCUT2D eigenvalue weighted by molar-refractivity contribution is -0.123. The number of nitrogens with zero attached hydrogens (tertiary/aromatic N) is 2. The third-order valence-electron chi connectivity index (χ3n) is 4.50. The Morgan fingerprint density at radius 1 is 1.07 bits per heavy atom. The van der Waals surface area contributed by atoms with Crippen LogP contribution in [0, 0.1) is 6.92 Å². The number of aromatic nitrogens is 2. The van der Waals surface area contributed by atoms with Crippen LogP contribution in [-0.2, 0) is 17.9 Å². The molecule has 6 heteroatoms. The Labute approximate surface area is 160 Å². The van der Waals surface area contributed by atoms with Crippen LogP contribution in [0.15, 0.2) is 27.8 Å². The largest absolute Gasteiger partial charge is 0.350 e. The van der Waals surface area contributed by atoms with Crippen molar-refractivity contribution in [1.82, 2.24) is 14.5 Å². The Kier molecular flexibility index (Phi) is 6.63. The van der Waals surface area contributed by atoms with Crippen molar-refractivity contribution < 1.29 is 4.79 Å². The third-order valence-corrected chi connectivity index (χ3v) is 4.50. The van der Waals surface area contributed by atoms with Crippen molar-refractivity contribution in [2.24, 2.45) is 0 Å². The van der Waals surface area contributed by atoms with Crippen molar-refractivity contribution in [3.63, 3.8) is 0 Å². The van der Waals surface area contributed by atoms with Crippen molar-refractivity contribution in [3.8, 4) is 0 Å².